The molecule has 1 fully saturated rings. The molecular weight excluding hydrogens is 464 g/mol. The molecule has 1 aliphatic rings. The first-order valence-electron chi connectivity index (χ1n) is 9.24. The number of carbonyl (C=O) groups excluding carboxylic acids is 1. The number of carbonyl (C=O) groups is 1. The molecule has 0 spiro atoms. The van der Waals surface area contributed by atoms with Crippen LogP contribution in [0.4, 0.5) is 5.13 Å². The predicted octanol–water partition coefficient (Wildman–Crippen LogP) is 3.92. The Labute approximate surface area is 187 Å². The van der Waals surface area contributed by atoms with E-state index in [1.807, 2.05) is 37.3 Å². The summed E-state index contributed by atoms with van der Waals surface area (Å²) in [6.07, 6.45) is 0.720. The molecule has 30 heavy (non-hydrogen) atoms. The molecular formula is C19H19ClN4O3S3. The van der Waals surface area contributed by atoms with Gasteiger partial charge in [-0.15, -0.1) is 21.5 Å². The van der Waals surface area contributed by atoms with Crippen molar-refractivity contribution in [2.75, 3.05) is 18.4 Å². The van der Waals surface area contributed by atoms with E-state index in [2.05, 4.69) is 15.5 Å². The van der Waals surface area contributed by atoms with Gasteiger partial charge < -0.3 is 0 Å². The van der Waals surface area contributed by atoms with Gasteiger partial charge in [0.2, 0.25) is 11.0 Å². The number of piperidine rings is 1. The zero-order chi connectivity index (χ0) is 21.4. The summed E-state index contributed by atoms with van der Waals surface area (Å²) in [5.41, 5.74) is 0.0138. The van der Waals surface area contributed by atoms with E-state index in [-0.39, 0.29) is 23.2 Å². The third-order valence-electron chi connectivity index (χ3n) is 5.23. The molecule has 1 amide bonds. The molecule has 0 bridgehead atoms. The highest BCUT2D eigenvalue weighted by Crippen LogP contribution is 2.39. The summed E-state index contributed by atoms with van der Waals surface area (Å²) >= 11 is 8.27. The quantitative estimate of drug-likeness (QED) is 0.595. The van der Waals surface area contributed by atoms with E-state index < -0.39 is 15.4 Å². The molecule has 1 aliphatic heterocycles. The van der Waals surface area contributed by atoms with Gasteiger partial charge in [0.15, 0.2) is 0 Å². The summed E-state index contributed by atoms with van der Waals surface area (Å²) in [6.45, 7) is 2.28. The van der Waals surface area contributed by atoms with Crippen LogP contribution in [-0.4, -0.2) is 41.9 Å². The summed E-state index contributed by atoms with van der Waals surface area (Å²) in [5, 5.41) is 12.0. The van der Waals surface area contributed by atoms with Gasteiger partial charge in [0.05, 0.1) is 9.75 Å². The number of benzene rings is 1. The van der Waals surface area contributed by atoms with Crippen molar-refractivity contribution in [2.45, 2.75) is 29.4 Å². The van der Waals surface area contributed by atoms with Gasteiger partial charge in [-0.05, 0) is 37.5 Å². The van der Waals surface area contributed by atoms with Crippen molar-refractivity contribution in [1.29, 1.82) is 0 Å². The van der Waals surface area contributed by atoms with Gasteiger partial charge in [0.25, 0.3) is 10.0 Å². The van der Waals surface area contributed by atoms with Gasteiger partial charge in [-0.3, -0.25) is 10.1 Å². The van der Waals surface area contributed by atoms with Crippen LogP contribution < -0.4 is 5.32 Å². The Bertz CT molecular complexity index is 1150. The van der Waals surface area contributed by atoms with Gasteiger partial charge in [-0.2, -0.15) is 4.31 Å². The molecule has 3 heterocycles. The number of amides is 1. The van der Waals surface area contributed by atoms with Gasteiger partial charge in [0.1, 0.15) is 9.22 Å². The highest BCUT2D eigenvalue weighted by Gasteiger charge is 2.45. The fourth-order valence-corrected chi connectivity index (χ4v) is 7.31. The minimum atomic E-state index is -3.64. The SMILES string of the molecule is Cc1nnc(NC(=O)C2(c3ccccc3)CCN(S(=O)(=O)c3ccc(Cl)s3)CC2)s1. The van der Waals surface area contributed by atoms with Crippen molar-refractivity contribution in [3.05, 3.63) is 57.4 Å². The average Bonchev–Trinajstić information content (AvgIpc) is 3.37. The third-order valence-corrected chi connectivity index (χ3v) is 9.58. The Morgan fingerprint density at radius 2 is 1.80 bits per heavy atom. The minimum Gasteiger partial charge on any atom is -0.300 e. The molecule has 4 rings (SSSR count). The van der Waals surface area contributed by atoms with Crippen LogP contribution >= 0.6 is 34.3 Å². The van der Waals surface area contributed by atoms with Crippen molar-refractivity contribution in [2.24, 2.45) is 0 Å². The van der Waals surface area contributed by atoms with Crippen LogP contribution in [0.2, 0.25) is 4.34 Å². The van der Waals surface area contributed by atoms with E-state index >= 15 is 0 Å². The number of nitrogens with one attached hydrogen (secondary N) is 1. The summed E-state index contributed by atoms with van der Waals surface area (Å²) < 4.78 is 28.0. The van der Waals surface area contributed by atoms with Crippen LogP contribution in [0, 0.1) is 6.92 Å². The van der Waals surface area contributed by atoms with Crippen molar-refractivity contribution >= 4 is 55.3 Å². The largest absolute Gasteiger partial charge is 0.300 e. The van der Waals surface area contributed by atoms with E-state index in [0.29, 0.717) is 22.3 Å². The Hall–Kier alpha value is -1.85. The second-order valence-corrected chi connectivity index (χ2v) is 12.1. The Kier molecular flexibility index (Phi) is 5.95. The van der Waals surface area contributed by atoms with E-state index in [4.69, 9.17) is 11.6 Å². The van der Waals surface area contributed by atoms with Crippen LogP contribution in [0.5, 0.6) is 0 Å². The van der Waals surface area contributed by atoms with Crippen LogP contribution in [0.25, 0.3) is 0 Å². The number of rotatable bonds is 5. The number of sulfonamides is 1. The standard InChI is InChI=1S/C19H19ClN4O3S3/c1-13-22-23-18(28-13)21-17(25)19(14-5-3-2-4-6-14)9-11-24(12-10-19)30(26,27)16-8-7-15(20)29-16/h2-8H,9-12H2,1H3,(H,21,23,25). The van der Waals surface area contributed by atoms with Gasteiger partial charge in [-0.25, -0.2) is 8.42 Å². The first-order valence-corrected chi connectivity index (χ1v) is 12.7. The van der Waals surface area contributed by atoms with E-state index in [1.54, 1.807) is 6.07 Å². The zero-order valence-electron chi connectivity index (χ0n) is 16.0. The van der Waals surface area contributed by atoms with Crippen molar-refractivity contribution in [1.82, 2.24) is 14.5 Å². The fraction of sp³-hybridized carbons (Fsp3) is 0.316. The number of halogens is 1. The number of aromatic nitrogens is 2. The molecule has 1 N–H and O–H groups in total. The fourth-order valence-electron chi connectivity index (χ4n) is 3.64. The van der Waals surface area contributed by atoms with Crippen LogP contribution in [0.3, 0.4) is 0 Å². The molecule has 3 aromatic rings. The highest BCUT2D eigenvalue weighted by molar-refractivity contribution is 7.91. The third kappa shape index (κ3) is 4.02. The molecule has 0 aliphatic carbocycles. The molecule has 1 aromatic carbocycles. The van der Waals surface area contributed by atoms with Gasteiger partial charge >= 0.3 is 0 Å². The maximum absolute atomic E-state index is 13.4. The lowest BCUT2D eigenvalue weighted by molar-refractivity contribution is -0.123. The molecule has 0 saturated carbocycles. The predicted molar refractivity (Wildman–Crippen MR) is 119 cm³/mol. The number of hydrogen-bond acceptors (Lipinski definition) is 7. The topological polar surface area (TPSA) is 92.3 Å². The summed E-state index contributed by atoms with van der Waals surface area (Å²) in [5.74, 6) is -0.193. The Balaban J connectivity index is 1.60. The lowest BCUT2D eigenvalue weighted by atomic mass is 9.72. The number of nitrogens with zero attached hydrogens (tertiary/aromatic N) is 3. The zero-order valence-corrected chi connectivity index (χ0v) is 19.2. The number of hydrogen-bond donors (Lipinski definition) is 1. The van der Waals surface area contributed by atoms with Crippen molar-refractivity contribution < 1.29 is 13.2 Å². The number of thiophene rings is 1. The second-order valence-electron chi connectivity index (χ2n) is 6.99. The lowest BCUT2D eigenvalue weighted by Gasteiger charge is -2.40. The van der Waals surface area contributed by atoms with Crippen molar-refractivity contribution in [3.63, 3.8) is 0 Å². The van der Waals surface area contributed by atoms with E-state index in [9.17, 15) is 13.2 Å². The summed E-state index contributed by atoms with van der Waals surface area (Å²) in [4.78, 5) is 13.4. The monoisotopic (exact) mass is 482 g/mol. The maximum Gasteiger partial charge on any atom is 0.252 e. The first-order chi connectivity index (χ1) is 14.3. The smallest absolute Gasteiger partial charge is 0.252 e. The molecule has 0 unspecified atom stereocenters. The molecule has 0 atom stereocenters. The van der Waals surface area contributed by atoms with Crippen LogP contribution in [0.15, 0.2) is 46.7 Å². The van der Waals surface area contributed by atoms with Gasteiger partial charge in [-0.1, -0.05) is 53.3 Å². The molecule has 158 valence electrons. The van der Waals surface area contributed by atoms with E-state index in [0.717, 1.165) is 21.9 Å². The van der Waals surface area contributed by atoms with Crippen molar-refractivity contribution in [3.8, 4) is 0 Å². The minimum absolute atomic E-state index is 0.193. The Morgan fingerprint density at radius 1 is 1.10 bits per heavy atom. The van der Waals surface area contributed by atoms with Crippen LogP contribution in [-0.2, 0) is 20.2 Å². The Morgan fingerprint density at radius 3 is 2.37 bits per heavy atom. The molecule has 7 nitrogen and oxygen atoms in total. The summed E-state index contributed by atoms with van der Waals surface area (Å²) in [7, 11) is -3.64. The first kappa shape index (κ1) is 21.4. The second kappa shape index (κ2) is 8.35. The summed E-state index contributed by atoms with van der Waals surface area (Å²) in [6, 6.07) is 12.6. The average molecular weight is 483 g/mol. The molecule has 11 heteroatoms. The number of aryl methyl sites for hydroxylation is 1. The van der Waals surface area contributed by atoms with Crippen LogP contribution in [0.1, 0.15) is 23.4 Å². The molecule has 0 radical (unpaired) electrons. The van der Waals surface area contributed by atoms with Gasteiger partial charge in [0, 0.05) is 13.1 Å². The highest BCUT2D eigenvalue weighted by atomic mass is 35.5. The molecule has 2 aromatic heterocycles. The molecule has 1 saturated heterocycles. The normalized spacial score (nSPS) is 17.0. The number of anilines is 1. The lowest BCUT2D eigenvalue weighted by Crippen LogP contribution is -2.50. The van der Waals surface area contributed by atoms with E-state index in [1.165, 1.54) is 21.7 Å². The maximum atomic E-state index is 13.4.